The fraction of sp³-hybridized carbons (Fsp3) is 0.400. The number of benzene rings is 1. The number of carbonyl (C=O) groups is 1. The van der Waals surface area contributed by atoms with Crippen molar-refractivity contribution >= 4 is 16.7 Å². The highest BCUT2D eigenvalue weighted by molar-refractivity contribution is 5.99. The Balaban J connectivity index is 2.07. The number of nitrogens with zero attached hydrogens (tertiary/aromatic N) is 1. The molecule has 1 aliphatic rings. The summed E-state index contributed by atoms with van der Waals surface area (Å²) in [6, 6.07) is 4.70. The molecule has 1 saturated heterocycles. The van der Waals surface area contributed by atoms with E-state index in [0.717, 1.165) is 25.9 Å². The fourth-order valence-electron chi connectivity index (χ4n) is 2.71. The van der Waals surface area contributed by atoms with Gasteiger partial charge in [-0.3, -0.25) is 9.59 Å². The van der Waals surface area contributed by atoms with Crippen molar-refractivity contribution < 1.29 is 9.90 Å². The quantitative estimate of drug-likeness (QED) is 0.717. The van der Waals surface area contributed by atoms with Gasteiger partial charge in [0, 0.05) is 11.5 Å². The number of nitrogens with one attached hydrogen (secondary N) is 2. The summed E-state index contributed by atoms with van der Waals surface area (Å²) in [6.45, 7) is 1.28. The number of fused-ring (bicyclic) bond motifs is 1. The van der Waals surface area contributed by atoms with E-state index in [1.54, 1.807) is 18.2 Å². The standard InChI is InChI=1S/C15H17N3O3/c19-8-13(20)10-1-2-11-12(7-10)17-14(18-15(11)21)9-3-5-16-6-4-9/h1-2,7,9,16,19H,3-6,8H2,(H,17,18,21). The number of hydrogen-bond donors (Lipinski definition) is 3. The molecule has 0 spiro atoms. The molecule has 6 nitrogen and oxygen atoms in total. The van der Waals surface area contributed by atoms with Gasteiger partial charge < -0.3 is 15.4 Å². The summed E-state index contributed by atoms with van der Waals surface area (Å²) in [7, 11) is 0. The van der Waals surface area contributed by atoms with Crippen molar-refractivity contribution in [1.82, 2.24) is 15.3 Å². The molecule has 110 valence electrons. The van der Waals surface area contributed by atoms with Gasteiger partial charge in [-0.2, -0.15) is 0 Å². The van der Waals surface area contributed by atoms with Crippen LogP contribution in [0.2, 0.25) is 0 Å². The average molecular weight is 287 g/mol. The van der Waals surface area contributed by atoms with Gasteiger partial charge >= 0.3 is 0 Å². The van der Waals surface area contributed by atoms with Crippen LogP contribution < -0.4 is 10.9 Å². The number of aliphatic hydroxyl groups excluding tert-OH is 1. The van der Waals surface area contributed by atoms with Gasteiger partial charge in [0.15, 0.2) is 5.78 Å². The van der Waals surface area contributed by atoms with Crippen molar-refractivity contribution in [3.05, 3.63) is 39.9 Å². The minimum absolute atomic E-state index is 0.184. The molecule has 1 aromatic heterocycles. The molecule has 21 heavy (non-hydrogen) atoms. The van der Waals surface area contributed by atoms with E-state index in [1.165, 1.54) is 0 Å². The molecule has 1 aromatic carbocycles. The molecule has 0 unspecified atom stereocenters. The minimum Gasteiger partial charge on any atom is -0.388 e. The number of Topliss-reactive ketones (excluding diaryl/α,β-unsaturated/α-hetero) is 1. The largest absolute Gasteiger partial charge is 0.388 e. The molecular weight excluding hydrogens is 270 g/mol. The second-order valence-electron chi connectivity index (χ2n) is 5.29. The number of hydrogen-bond acceptors (Lipinski definition) is 5. The monoisotopic (exact) mass is 287 g/mol. The van der Waals surface area contributed by atoms with Gasteiger partial charge in [-0.15, -0.1) is 0 Å². The lowest BCUT2D eigenvalue weighted by molar-refractivity contribution is 0.0904. The van der Waals surface area contributed by atoms with Crippen LogP contribution >= 0.6 is 0 Å². The van der Waals surface area contributed by atoms with Gasteiger partial charge in [0.05, 0.1) is 10.9 Å². The number of aromatic amines is 1. The van der Waals surface area contributed by atoms with E-state index in [1.807, 2.05) is 0 Å². The molecule has 2 heterocycles. The summed E-state index contributed by atoms with van der Waals surface area (Å²) in [4.78, 5) is 31.1. The van der Waals surface area contributed by atoms with Crippen LogP contribution in [0.3, 0.4) is 0 Å². The van der Waals surface area contributed by atoms with Crippen LogP contribution in [0.4, 0.5) is 0 Å². The molecule has 6 heteroatoms. The molecule has 0 atom stereocenters. The van der Waals surface area contributed by atoms with Crippen LogP contribution in [0.25, 0.3) is 10.9 Å². The first-order chi connectivity index (χ1) is 10.2. The predicted molar refractivity (Wildman–Crippen MR) is 78.6 cm³/mol. The zero-order chi connectivity index (χ0) is 14.8. The Morgan fingerprint density at radius 3 is 2.81 bits per heavy atom. The zero-order valence-corrected chi connectivity index (χ0v) is 11.6. The van der Waals surface area contributed by atoms with Crippen LogP contribution in [-0.2, 0) is 0 Å². The summed E-state index contributed by atoms with van der Waals surface area (Å²) >= 11 is 0. The number of H-pyrrole nitrogens is 1. The van der Waals surface area contributed by atoms with Crippen molar-refractivity contribution in [3.63, 3.8) is 0 Å². The molecule has 1 fully saturated rings. The molecule has 0 saturated carbocycles. The average Bonchev–Trinajstić information content (AvgIpc) is 2.54. The third-order valence-corrected chi connectivity index (χ3v) is 3.92. The molecular formula is C15H17N3O3. The van der Waals surface area contributed by atoms with E-state index in [-0.39, 0.29) is 17.3 Å². The molecule has 3 N–H and O–H groups in total. The second-order valence-corrected chi connectivity index (χ2v) is 5.29. The SMILES string of the molecule is O=C(CO)c1ccc2c(=O)[nH]c(C3CCNCC3)nc2c1. The zero-order valence-electron chi connectivity index (χ0n) is 11.6. The van der Waals surface area contributed by atoms with Gasteiger partial charge in [-0.1, -0.05) is 6.07 Å². The van der Waals surface area contributed by atoms with E-state index >= 15 is 0 Å². The molecule has 1 aliphatic heterocycles. The first kappa shape index (κ1) is 13.9. The molecule has 0 bridgehead atoms. The van der Waals surface area contributed by atoms with Crippen LogP contribution in [0.15, 0.2) is 23.0 Å². The Morgan fingerprint density at radius 1 is 1.33 bits per heavy atom. The highest BCUT2D eigenvalue weighted by Crippen LogP contribution is 2.22. The number of piperidine rings is 1. The Morgan fingerprint density at radius 2 is 2.10 bits per heavy atom. The summed E-state index contributed by atoms with van der Waals surface area (Å²) in [5.74, 6) is 0.547. The number of ketones is 1. The summed E-state index contributed by atoms with van der Waals surface area (Å²) in [5, 5.41) is 12.7. The molecule has 0 aliphatic carbocycles. The molecule has 0 amide bonds. The van der Waals surface area contributed by atoms with Crippen LogP contribution in [0.1, 0.15) is 34.9 Å². The van der Waals surface area contributed by atoms with Gasteiger partial charge in [-0.25, -0.2) is 4.98 Å². The number of aromatic nitrogens is 2. The van der Waals surface area contributed by atoms with Crippen LogP contribution in [0.5, 0.6) is 0 Å². The van der Waals surface area contributed by atoms with Gasteiger partial charge in [-0.05, 0) is 38.1 Å². The first-order valence-electron chi connectivity index (χ1n) is 7.08. The Kier molecular flexibility index (Phi) is 3.81. The summed E-state index contributed by atoms with van der Waals surface area (Å²) < 4.78 is 0. The fourth-order valence-corrected chi connectivity index (χ4v) is 2.71. The van der Waals surface area contributed by atoms with E-state index in [0.29, 0.717) is 22.3 Å². The Labute approximate surface area is 121 Å². The summed E-state index contributed by atoms with van der Waals surface area (Å²) in [6.07, 6.45) is 1.87. The maximum absolute atomic E-state index is 12.1. The molecule has 2 aromatic rings. The molecule has 0 radical (unpaired) electrons. The van der Waals surface area contributed by atoms with Crippen molar-refractivity contribution in [2.24, 2.45) is 0 Å². The second kappa shape index (κ2) is 5.75. The topological polar surface area (TPSA) is 95.1 Å². The molecule has 3 rings (SSSR count). The Bertz CT molecular complexity index is 733. The van der Waals surface area contributed by atoms with Crippen molar-refractivity contribution in [1.29, 1.82) is 0 Å². The lowest BCUT2D eigenvalue weighted by Crippen LogP contribution is -2.28. The number of aliphatic hydroxyl groups is 1. The highest BCUT2D eigenvalue weighted by Gasteiger charge is 2.18. The maximum atomic E-state index is 12.1. The van der Waals surface area contributed by atoms with Gasteiger partial charge in [0.2, 0.25) is 0 Å². The van der Waals surface area contributed by atoms with Gasteiger partial charge in [0.1, 0.15) is 12.4 Å². The third-order valence-electron chi connectivity index (χ3n) is 3.92. The lowest BCUT2D eigenvalue weighted by Gasteiger charge is -2.21. The first-order valence-corrected chi connectivity index (χ1v) is 7.08. The number of carbonyl (C=O) groups excluding carboxylic acids is 1. The van der Waals surface area contributed by atoms with Crippen LogP contribution in [-0.4, -0.2) is 40.6 Å². The van der Waals surface area contributed by atoms with E-state index in [4.69, 9.17) is 5.11 Å². The highest BCUT2D eigenvalue weighted by atomic mass is 16.3. The van der Waals surface area contributed by atoms with Crippen molar-refractivity contribution in [2.45, 2.75) is 18.8 Å². The predicted octanol–water partition coefficient (Wildman–Crippen LogP) is 0.565. The summed E-state index contributed by atoms with van der Waals surface area (Å²) in [5.41, 5.74) is 0.697. The van der Waals surface area contributed by atoms with Crippen molar-refractivity contribution in [2.75, 3.05) is 19.7 Å². The van der Waals surface area contributed by atoms with E-state index in [2.05, 4.69) is 15.3 Å². The lowest BCUT2D eigenvalue weighted by atomic mass is 9.97. The van der Waals surface area contributed by atoms with Gasteiger partial charge in [0.25, 0.3) is 5.56 Å². The van der Waals surface area contributed by atoms with E-state index < -0.39 is 6.61 Å². The van der Waals surface area contributed by atoms with Crippen molar-refractivity contribution in [3.8, 4) is 0 Å². The van der Waals surface area contributed by atoms with Crippen LogP contribution in [0, 0.1) is 0 Å². The maximum Gasteiger partial charge on any atom is 0.258 e. The Hall–Kier alpha value is -2.05. The van der Waals surface area contributed by atoms with E-state index in [9.17, 15) is 9.59 Å². The smallest absolute Gasteiger partial charge is 0.258 e. The normalized spacial score (nSPS) is 16.2. The minimum atomic E-state index is -0.546. The third kappa shape index (κ3) is 2.72. The number of rotatable bonds is 3.